The molecule has 2 atom stereocenters. The largest absolute Gasteiger partial charge is 0.336 e. The number of carbonyl (C=O) groups is 1. The number of azide groups is 1. The number of amides is 1. The molecule has 0 N–H and O–H groups in total. The predicted molar refractivity (Wildman–Crippen MR) is 68.7 cm³/mol. The standard InChI is InChI=1S/C13H16N4O/c1-10(11-5-3-2-4-6-11)17-8-7-12(13(17)18)9-15-16-14/h2-6,10,12H,7-9H2,1H3/t10-,12+/m1/s1. The minimum absolute atomic E-state index is 0.0785. The molecular formula is C13H16N4O. The zero-order valence-corrected chi connectivity index (χ0v) is 10.4. The Balaban J connectivity index is 2.07. The topological polar surface area (TPSA) is 69.1 Å². The van der Waals surface area contributed by atoms with Crippen molar-refractivity contribution in [3.05, 3.63) is 46.3 Å². The van der Waals surface area contributed by atoms with Crippen LogP contribution in [0.5, 0.6) is 0 Å². The number of hydrogen-bond donors (Lipinski definition) is 0. The molecule has 0 aromatic heterocycles. The summed E-state index contributed by atoms with van der Waals surface area (Å²) in [6, 6.07) is 10.0. The Bertz CT molecular complexity index is 467. The highest BCUT2D eigenvalue weighted by atomic mass is 16.2. The summed E-state index contributed by atoms with van der Waals surface area (Å²) in [4.78, 5) is 16.8. The van der Waals surface area contributed by atoms with Crippen molar-refractivity contribution in [2.75, 3.05) is 13.1 Å². The average molecular weight is 244 g/mol. The first-order chi connectivity index (χ1) is 8.74. The molecule has 18 heavy (non-hydrogen) atoms. The van der Waals surface area contributed by atoms with Gasteiger partial charge in [0.2, 0.25) is 5.91 Å². The molecule has 94 valence electrons. The van der Waals surface area contributed by atoms with Crippen LogP contribution in [0.2, 0.25) is 0 Å². The zero-order valence-electron chi connectivity index (χ0n) is 10.4. The van der Waals surface area contributed by atoms with E-state index in [0.717, 1.165) is 18.5 Å². The van der Waals surface area contributed by atoms with Crippen LogP contribution in [-0.4, -0.2) is 23.9 Å². The summed E-state index contributed by atoms with van der Waals surface area (Å²) in [7, 11) is 0. The van der Waals surface area contributed by atoms with E-state index in [9.17, 15) is 4.79 Å². The van der Waals surface area contributed by atoms with Crippen molar-refractivity contribution in [2.45, 2.75) is 19.4 Å². The second-order valence-corrected chi connectivity index (χ2v) is 4.52. The van der Waals surface area contributed by atoms with Gasteiger partial charge in [0.15, 0.2) is 0 Å². The van der Waals surface area contributed by atoms with Gasteiger partial charge in [0, 0.05) is 23.9 Å². The van der Waals surface area contributed by atoms with Crippen molar-refractivity contribution in [1.82, 2.24) is 4.90 Å². The van der Waals surface area contributed by atoms with Crippen LogP contribution in [0.3, 0.4) is 0 Å². The van der Waals surface area contributed by atoms with Crippen LogP contribution >= 0.6 is 0 Å². The molecule has 1 aromatic carbocycles. The molecule has 1 aromatic rings. The van der Waals surface area contributed by atoms with Gasteiger partial charge in [-0.2, -0.15) is 0 Å². The van der Waals surface area contributed by atoms with E-state index in [2.05, 4.69) is 10.0 Å². The number of likely N-dealkylation sites (tertiary alicyclic amines) is 1. The smallest absolute Gasteiger partial charge is 0.226 e. The van der Waals surface area contributed by atoms with Crippen molar-refractivity contribution in [2.24, 2.45) is 11.0 Å². The molecule has 0 aliphatic carbocycles. The molecule has 1 aliphatic heterocycles. The van der Waals surface area contributed by atoms with Crippen LogP contribution < -0.4 is 0 Å². The number of nitrogens with zero attached hydrogens (tertiary/aromatic N) is 4. The number of benzene rings is 1. The van der Waals surface area contributed by atoms with Gasteiger partial charge in [-0.1, -0.05) is 35.4 Å². The van der Waals surface area contributed by atoms with E-state index >= 15 is 0 Å². The second kappa shape index (κ2) is 5.56. The second-order valence-electron chi connectivity index (χ2n) is 4.52. The highest BCUT2D eigenvalue weighted by Gasteiger charge is 2.34. The third-order valence-corrected chi connectivity index (χ3v) is 3.47. The molecule has 0 radical (unpaired) electrons. The molecule has 5 nitrogen and oxygen atoms in total. The molecular weight excluding hydrogens is 228 g/mol. The lowest BCUT2D eigenvalue weighted by atomic mass is 10.1. The van der Waals surface area contributed by atoms with Crippen LogP contribution in [-0.2, 0) is 4.79 Å². The highest BCUT2D eigenvalue weighted by Crippen LogP contribution is 2.28. The third-order valence-electron chi connectivity index (χ3n) is 3.47. The SMILES string of the molecule is C[C@H](c1ccccc1)N1CC[C@@H](CN=[N+]=[N-])C1=O. The zero-order chi connectivity index (χ0) is 13.0. The minimum Gasteiger partial charge on any atom is -0.336 e. The van der Waals surface area contributed by atoms with E-state index in [1.807, 2.05) is 42.2 Å². The lowest BCUT2D eigenvalue weighted by molar-refractivity contribution is -0.132. The molecule has 1 amide bonds. The summed E-state index contributed by atoms with van der Waals surface area (Å²) in [6.07, 6.45) is 0.773. The van der Waals surface area contributed by atoms with Crippen LogP contribution in [0.4, 0.5) is 0 Å². The average Bonchev–Trinajstić information content (AvgIpc) is 2.78. The van der Waals surface area contributed by atoms with Gasteiger partial charge >= 0.3 is 0 Å². The first-order valence-electron chi connectivity index (χ1n) is 6.10. The monoisotopic (exact) mass is 244 g/mol. The molecule has 1 saturated heterocycles. The first kappa shape index (κ1) is 12.5. The van der Waals surface area contributed by atoms with Crippen LogP contribution in [0.25, 0.3) is 10.4 Å². The molecule has 0 spiro atoms. The van der Waals surface area contributed by atoms with Gasteiger partial charge in [-0.05, 0) is 24.4 Å². The Morgan fingerprint density at radius 3 is 2.89 bits per heavy atom. The lowest BCUT2D eigenvalue weighted by Gasteiger charge is -2.25. The van der Waals surface area contributed by atoms with E-state index in [1.54, 1.807) is 0 Å². The first-order valence-corrected chi connectivity index (χ1v) is 6.10. The van der Waals surface area contributed by atoms with Gasteiger partial charge < -0.3 is 4.90 Å². The van der Waals surface area contributed by atoms with Gasteiger partial charge in [0.25, 0.3) is 0 Å². The van der Waals surface area contributed by atoms with Crippen molar-refractivity contribution < 1.29 is 4.79 Å². The number of hydrogen-bond acceptors (Lipinski definition) is 2. The van der Waals surface area contributed by atoms with Gasteiger partial charge in [-0.3, -0.25) is 4.79 Å². The van der Waals surface area contributed by atoms with Crippen molar-refractivity contribution in [3.8, 4) is 0 Å². The maximum absolute atomic E-state index is 12.2. The van der Waals surface area contributed by atoms with E-state index in [1.165, 1.54) is 0 Å². The fourth-order valence-corrected chi connectivity index (χ4v) is 2.36. The summed E-state index contributed by atoms with van der Waals surface area (Å²) in [5, 5.41) is 3.50. The summed E-state index contributed by atoms with van der Waals surface area (Å²) in [5.41, 5.74) is 9.43. The van der Waals surface area contributed by atoms with E-state index in [0.29, 0.717) is 0 Å². The Labute approximate surface area is 106 Å². The van der Waals surface area contributed by atoms with Crippen LogP contribution in [0.1, 0.15) is 24.9 Å². The van der Waals surface area contributed by atoms with Crippen LogP contribution in [0.15, 0.2) is 35.4 Å². The lowest BCUT2D eigenvalue weighted by Crippen LogP contribution is -2.30. The summed E-state index contributed by atoms with van der Waals surface area (Å²) < 4.78 is 0. The van der Waals surface area contributed by atoms with Crippen molar-refractivity contribution >= 4 is 5.91 Å². The number of rotatable bonds is 4. The molecule has 1 aliphatic rings. The maximum atomic E-state index is 12.2. The molecule has 2 rings (SSSR count). The molecule has 0 bridgehead atoms. The fraction of sp³-hybridized carbons (Fsp3) is 0.462. The Morgan fingerprint density at radius 2 is 2.22 bits per heavy atom. The quantitative estimate of drug-likeness (QED) is 0.456. The maximum Gasteiger partial charge on any atom is 0.226 e. The number of carbonyl (C=O) groups excluding carboxylic acids is 1. The van der Waals surface area contributed by atoms with E-state index < -0.39 is 0 Å². The van der Waals surface area contributed by atoms with Crippen LogP contribution in [0, 0.1) is 5.92 Å². The molecule has 1 heterocycles. The molecule has 0 saturated carbocycles. The molecule has 0 unspecified atom stereocenters. The minimum atomic E-state index is -0.146. The Morgan fingerprint density at radius 1 is 1.50 bits per heavy atom. The summed E-state index contributed by atoms with van der Waals surface area (Å²) in [6.45, 7) is 3.04. The van der Waals surface area contributed by atoms with Gasteiger partial charge in [0.1, 0.15) is 0 Å². The van der Waals surface area contributed by atoms with E-state index in [4.69, 9.17) is 5.53 Å². The summed E-state index contributed by atoms with van der Waals surface area (Å²) >= 11 is 0. The Kier molecular flexibility index (Phi) is 3.85. The van der Waals surface area contributed by atoms with Crippen molar-refractivity contribution in [3.63, 3.8) is 0 Å². The van der Waals surface area contributed by atoms with Gasteiger partial charge in [0.05, 0.1) is 6.04 Å². The fourth-order valence-electron chi connectivity index (χ4n) is 2.36. The van der Waals surface area contributed by atoms with Gasteiger partial charge in [-0.15, -0.1) is 0 Å². The van der Waals surface area contributed by atoms with E-state index in [-0.39, 0.29) is 24.4 Å². The summed E-state index contributed by atoms with van der Waals surface area (Å²) in [5.74, 6) is -0.0502. The molecule has 1 fully saturated rings. The highest BCUT2D eigenvalue weighted by molar-refractivity contribution is 5.81. The van der Waals surface area contributed by atoms with Crippen molar-refractivity contribution in [1.29, 1.82) is 0 Å². The normalized spacial score (nSPS) is 20.6. The molecule has 5 heteroatoms. The van der Waals surface area contributed by atoms with Gasteiger partial charge in [-0.25, -0.2) is 0 Å². The Hall–Kier alpha value is -2.00. The third kappa shape index (κ3) is 2.46. The predicted octanol–water partition coefficient (Wildman–Crippen LogP) is 2.91.